The van der Waals surface area contributed by atoms with E-state index in [1.165, 1.54) is 14.2 Å². The van der Waals surface area contributed by atoms with Crippen molar-refractivity contribution in [1.29, 1.82) is 0 Å². The van der Waals surface area contributed by atoms with Crippen LogP contribution in [-0.4, -0.2) is 82.3 Å². The molecule has 0 aliphatic carbocycles. The zero-order chi connectivity index (χ0) is 28.6. The molecule has 4 aromatic rings. The van der Waals surface area contributed by atoms with Crippen LogP contribution in [0.15, 0.2) is 66.9 Å². The van der Waals surface area contributed by atoms with Gasteiger partial charge in [-0.05, 0) is 36.4 Å². The molecule has 3 aromatic carbocycles. The number of hydrogen-bond donors (Lipinski definition) is 4. The van der Waals surface area contributed by atoms with Crippen molar-refractivity contribution in [2.45, 2.75) is 30.7 Å². The number of benzene rings is 3. The van der Waals surface area contributed by atoms with Gasteiger partial charge in [0.15, 0.2) is 5.78 Å². The molecule has 0 radical (unpaired) electrons. The van der Waals surface area contributed by atoms with Gasteiger partial charge in [0.2, 0.25) is 6.29 Å². The largest absolute Gasteiger partial charge is 0.497 e. The van der Waals surface area contributed by atoms with Gasteiger partial charge < -0.3 is 43.9 Å². The summed E-state index contributed by atoms with van der Waals surface area (Å²) >= 11 is 6.57. The monoisotopic (exact) mass is 569 g/mol. The Hall–Kier alpha value is -3.64. The molecule has 5 rings (SSSR count). The fourth-order valence-electron chi connectivity index (χ4n) is 4.79. The number of rotatable bonds is 8. The van der Waals surface area contributed by atoms with Crippen LogP contribution in [0.3, 0.4) is 0 Å². The number of aliphatic hydroxyl groups excluding tert-OH is 4. The number of aliphatic hydroxyl groups is 4. The van der Waals surface area contributed by atoms with Gasteiger partial charge in [0.25, 0.3) is 0 Å². The molecule has 210 valence electrons. The Balaban J connectivity index is 1.60. The average molecular weight is 570 g/mol. The molecule has 4 N–H and O–H groups in total. The lowest BCUT2D eigenvalue weighted by Crippen LogP contribution is -2.60. The smallest absolute Gasteiger partial charge is 0.229 e. The lowest BCUT2D eigenvalue weighted by atomic mass is 9.99. The van der Waals surface area contributed by atoms with Crippen molar-refractivity contribution < 1.29 is 44.2 Å². The Morgan fingerprint density at radius 1 is 0.925 bits per heavy atom. The molecule has 1 fully saturated rings. The summed E-state index contributed by atoms with van der Waals surface area (Å²) in [4.78, 5) is 13.8. The minimum absolute atomic E-state index is 0.189. The number of methoxy groups -OCH3 is 2. The highest BCUT2D eigenvalue weighted by Gasteiger charge is 2.45. The first kappa shape index (κ1) is 27.9. The third kappa shape index (κ3) is 4.90. The standard InChI is InChI=1S/C29H28ClNO9/c1-37-15-10-11-17(21(12-15)38-2)25(33)16-6-3-4-8-19(16)31-13-22(24-18(30)7-5-9-20(24)31)39-29-28(36)27(35)26(34)23(14-32)40-29/h3-13,23,26-29,32,34-36H,14H2,1-2H3/t23-,26+,27+,28-,29+/m1/s1. The summed E-state index contributed by atoms with van der Waals surface area (Å²) in [5, 5.41) is 41.2. The van der Waals surface area contributed by atoms with Crippen LogP contribution in [0, 0.1) is 0 Å². The number of fused-ring (bicyclic) bond motifs is 1. The van der Waals surface area contributed by atoms with E-state index in [1.54, 1.807) is 71.4 Å². The number of carbonyl (C=O) groups excluding carboxylic acids is 1. The normalized spacial score (nSPS) is 22.7. The van der Waals surface area contributed by atoms with E-state index in [-0.39, 0.29) is 11.5 Å². The fraction of sp³-hybridized carbons (Fsp3) is 0.276. The SMILES string of the molecule is COc1ccc(C(=O)c2ccccc2-n2cc(O[C@H]3O[C@H](CO)[C@H](O)[C@H](O)[C@H]3O)c3c(Cl)cccc32)c(OC)c1. The molecule has 0 spiro atoms. The summed E-state index contributed by atoms with van der Waals surface area (Å²) < 4.78 is 24.0. The zero-order valence-corrected chi connectivity index (χ0v) is 22.4. The summed E-state index contributed by atoms with van der Waals surface area (Å²) in [6.07, 6.45) is -5.74. The minimum atomic E-state index is -1.62. The number of para-hydroxylation sites is 1. The average Bonchev–Trinajstić information content (AvgIpc) is 3.35. The van der Waals surface area contributed by atoms with E-state index in [9.17, 15) is 25.2 Å². The van der Waals surface area contributed by atoms with Gasteiger partial charge in [-0.1, -0.05) is 29.8 Å². The number of ether oxygens (including phenoxy) is 4. The van der Waals surface area contributed by atoms with Gasteiger partial charge in [-0.3, -0.25) is 4.79 Å². The predicted molar refractivity (Wildman–Crippen MR) is 146 cm³/mol. The number of halogens is 1. The van der Waals surface area contributed by atoms with Crippen LogP contribution in [0.5, 0.6) is 17.2 Å². The first-order chi connectivity index (χ1) is 19.3. The number of ketones is 1. The van der Waals surface area contributed by atoms with Gasteiger partial charge in [0.05, 0.1) is 54.2 Å². The summed E-state index contributed by atoms with van der Waals surface area (Å²) in [5.41, 5.74) is 1.81. The van der Waals surface area contributed by atoms with Gasteiger partial charge in [-0.15, -0.1) is 0 Å². The molecule has 0 unspecified atom stereocenters. The van der Waals surface area contributed by atoms with Crippen LogP contribution < -0.4 is 14.2 Å². The van der Waals surface area contributed by atoms with Crippen LogP contribution in [0.2, 0.25) is 5.02 Å². The molecule has 40 heavy (non-hydrogen) atoms. The van der Waals surface area contributed by atoms with Crippen LogP contribution in [0.25, 0.3) is 16.6 Å². The molecule has 1 aliphatic rings. The second-order valence-electron chi connectivity index (χ2n) is 9.22. The minimum Gasteiger partial charge on any atom is -0.497 e. The molecule has 10 nitrogen and oxygen atoms in total. The molecule has 1 saturated heterocycles. The van der Waals surface area contributed by atoms with E-state index < -0.39 is 37.3 Å². The van der Waals surface area contributed by atoms with Crippen LogP contribution in [0.4, 0.5) is 0 Å². The van der Waals surface area contributed by atoms with Gasteiger partial charge in [0, 0.05) is 11.6 Å². The molecular formula is C29H28ClNO9. The maximum absolute atomic E-state index is 13.8. The number of nitrogens with zero attached hydrogens (tertiary/aromatic N) is 1. The van der Waals surface area contributed by atoms with E-state index in [4.69, 9.17) is 30.5 Å². The van der Waals surface area contributed by atoms with E-state index in [0.717, 1.165) is 0 Å². The van der Waals surface area contributed by atoms with Crippen molar-refractivity contribution in [3.63, 3.8) is 0 Å². The van der Waals surface area contributed by atoms with E-state index in [1.807, 2.05) is 0 Å². The molecule has 0 amide bonds. The Morgan fingerprint density at radius 3 is 2.42 bits per heavy atom. The Labute approximate surface area is 234 Å². The van der Waals surface area contributed by atoms with E-state index in [0.29, 0.717) is 44.2 Å². The highest BCUT2D eigenvalue weighted by atomic mass is 35.5. The van der Waals surface area contributed by atoms with Crippen molar-refractivity contribution in [3.05, 3.63) is 83.0 Å². The summed E-state index contributed by atoms with van der Waals surface area (Å²) in [7, 11) is 3.00. The van der Waals surface area contributed by atoms with Gasteiger partial charge in [-0.2, -0.15) is 0 Å². The number of hydrogen-bond acceptors (Lipinski definition) is 9. The van der Waals surface area contributed by atoms with Crippen molar-refractivity contribution >= 4 is 28.3 Å². The summed E-state index contributed by atoms with van der Waals surface area (Å²) in [6.45, 7) is -0.600. The second kappa shape index (κ2) is 11.5. The van der Waals surface area contributed by atoms with Gasteiger partial charge >= 0.3 is 0 Å². The van der Waals surface area contributed by atoms with E-state index >= 15 is 0 Å². The lowest BCUT2D eigenvalue weighted by Gasteiger charge is -2.39. The highest BCUT2D eigenvalue weighted by molar-refractivity contribution is 6.36. The maximum Gasteiger partial charge on any atom is 0.229 e. The molecule has 1 aromatic heterocycles. The lowest BCUT2D eigenvalue weighted by molar-refractivity contribution is -0.277. The van der Waals surface area contributed by atoms with E-state index in [2.05, 4.69) is 0 Å². The maximum atomic E-state index is 13.8. The van der Waals surface area contributed by atoms with Crippen LogP contribution >= 0.6 is 11.6 Å². The molecule has 2 heterocycles. The Morgan fingerprint density at radius 2 is 1.70 bits per heavy atom. The molecule has 5 atom stereocenters. The Kier molecular flexibility index (Phi) is 7.99. The van der Waals surface area contributed by atoms with Crippen molar-refractivity contribution in [2.24, 2.45) is 0 Å². The highest BCUT2D eigenvalue weighted by Crippen LogP contribution is 2.39. The molecule has 11 heteroatoms. The van der Waals surface area contributed by atoms with Gasteiger partial charge in [0.1, 0.15) is 41.7 Å². The van der Waals surface area contributed by atoms with Crippen molar-refractivity contribution in [2.75, 3.05) is 20.8 Å². The molecule has 1 aliphatic heterocycles. The molecule has 0 bridgehead atoms. The quantitative estimate of drug-likeness (QED) is 0.236. The van der Waals surface area contributed by atoms with Crippen LogP contribution in [0.1, 0.15) is 15.9 Å². The second-order valence-corrected chi connectivity index (χ2v) is 9.63. The first-order valence-electron chi connectivity index (χ1n) is 12.4. The van der Waals surface area contributed by atoms with Crippen LogP contribution in [-0.2, 0) is 4.74 Å². The number of carbonyl (C=O) groups is 1. The Bertz CT molecular complexity index is 1540. The zero-order valence-electron chi connectivity index (χ0n) is 21.6. The first-order valence-corrected chi connectivity index (χ1v) is 12.8. The molecule has 0 saturated carbocycles. The van der Waals surface area contributed by atoms with Crippen molar-refractivity contribution in [3.8, 4) is 22.9 Å². The topological polar surface area (TPSA) is 140 Å². The third-order valence-corrected chi connectivity index (χ3v) is 7.21. The summed E-state index contributed by atoms with van der Waals surface area (Å²) in [5.74, 6) is 0.790. The molecular weight excluding hydrogens is 542 g/mol. The third-order valence-electron chi connectivity index (χ3n) is 6.90. The number of aromatic nitrogens is 1. The predicted octanol–water partition coefficient (Wildman–Crippen LogP) is 2.71. The fourth-order valence-corrected chi connectivity index (χ4v) is 5.06. The van der Waals surface area contributed by atoms with Crippen molar-refractivity contribution in [1.82, 2.24) is 4.57 Å². The van der Waals surface area contributed by atoms with Gasteiger partial charge in [-0.25, -0.2) is 0 Å². The summed E-state index contributed by atoms with van der Waals surface area (Å²) in [6, 6.07) is 17.1.